The average molecular weight is 264 g/mol. The van der Waals surface area contributed by atoms with E-state index in [1.807, 2.05) is 6.07 Å². The van der Waals surface area contributed by atoms with E-state index in [4.69, 9.17) is 10.00 Å². The Bertz CT molecular complexity index is 550. The van der Waals surface area contributed by atoms with Crippen LogP contribution >= 0.6 is 0 Å². The van der Waals surface area contributed by atoms with Crippen LogP contribution in [-0.2, 0) is 4.74 Å². The maximum atomic E-state index is 12.1. The highest BCUT2D eigenvalue weighted by molar-refractivity contribution is 6.60. The summed E-state index contributed by atoms with van der Waals surface area (Å²) in [6.45, 7) is 8.28. The van der Waals surface area contributed by atoms with E-state index in [-0.39, 0.29) is 11.0 Å². The summed E-state index contributed by atoms with van der Waals surface area (Å²) in [5.41, 5.74) is 0.0604. The van der Waals surface area contributed by atoms with Gasteiger partial charge in [0, 0.05) is 16.9 Å². The third-order valence-corrected chi connectivity index (χ3v) is 2.64. The Morgan fingerprint density at radius 3 is 2.16 bits per heavy atom. The summed E-state index contributed by atoms with van der Waals surface area (Å²) in [6, 6.07) is 1.88. The normalized spacial score (nSPS) is 11.1. The number of carbonyl (C=O) groups is 1. The molecule has 7 heteroatoms. The zero-order valence-electron chi connectivity index (χ0n) is 11.7. The van der Waals surface area contributed by atoms with Gasteiger partial charge < -0.3 is 14.8 Å². The van der Waals surface area contributed by atoms with E-state index in [2.05, 4.69) is 0 Å². The molecule has 0 atom stereocenters. The molecule has 0 aliphatic heterocycles. The van der Waals surface area contributed by atoms with Crippen LogP contribution in [0, 0.1) is 25.2 Å². The molecule has 102 valence electrons. The fourth-order valence-corrected chi connectivity index (χ4v) is 1.90. The zero-order chi connectivity index (χ0) is 15.0. The predicted molar refractivity (Wildman–Crippen MR) is 70.1 cm³/mol. The molecule has 0 saturated heterocycles. The van der Waals surface area contributed by atoms with Gasteiger partial charge in [-0.05, 0) is 34.6 Å². The Morgan fingerprint density at radius 2 is 1.84 bits per heavy atom. The molecule has 19 heavy (non-hydrogen) atoms. The minimum Gasteiger partial charge on any atom is -0.443 e. The molecule has 1 aromatic heterocycles. The van der Waals surface area contributed by atoms with Crippen LogP contribution in [0.1, 0.15) is 37.7 Å². The van der Waals surface area contributed by atoms with Crippen LogP contribution in [0.2, 0.25) is 0 Å². The van der Waals surface area contributed by atoms with E-state index in [9.17, 15) is 14.8 Å². The molecule has 1 rings (SSSR count). The van der Waals surface area contributed by atoms with Gasteiger partial charge >= 0.3 is 13.2 Å². The number of carbonyl (C=O) groups excluding carboxylic acids is 1. The van der Waals surface area contributed by atoms with Crippen LogP contribution in [0.3, 0.4) is 0 Å². The Morgan fingerprint density at radius 1 is 1.32 bits per heavy atom. The van der Waals surface area contributed by atoms with Crippen molar-refractivity contribution >= 4 is 18.7 Å². The van der Waals surface area contributed by atoms with Gasteiger partial charge in [0.25, 0.3) is 0 Å². The second kappa shape index (κ2) is 5.07. The number of nitriles is 1. The molecule has 1 heterocycles. The van der Waals surface area contributed by atoms with Gasteiger partial charge in [0.05, 0.1) is 5.56 Å². The van der Waals surface area contributed by atoms with Crippen LogP contribution in [0.5, 0.6) is 0 Å². The van der Waals surface area contributed by atoms with Crippen LogP contribution < -0.4 is 5.46 Å². The SMILES string of the molecule is Cc1c(C#N)c(B(O)O)c(C)n1C(=O)OC(C)(C)C. The average Bonchev–Trinajstić information content (AvgIpc) is 2.46. The van der Waals surface area contributed by atoms with Crippen molar-refractivity contribution in [3.05, 3.63) is 17.0 Å². The lowest BCUT2D eigenvalue weighted by Gasteiger charge is -2.20. The van der Waals surface area contributed by atoms with E-state index in [1.54, 1.807) is 27.7 Å². The molecule has 0 aliphatic carbocycles. The molecule has 0 spiro atoms. The topological polar surface area (TPSA) is 95.5 Å². The van der Waals surface area contributed by atoms with Gasteiger partial charge in [-0.3, -0.25) is 4.57 Å². The molecular formula is C12H17BN2O4. The Kier molecular flexibility index (Phi) is 4.08. The Balaban J connectivity index is 3.39. The molecule has 0 aliphatic rings. The van der Waals surface area contributed by atoms with Crippen molar-refractivity contribution in [3.63, 3.8) is 0 Å². The Labute approximate surface area is 112 Å². The maximum Gasteiger partial charge on any atom is 0.491 e. The van der Waals surface area contributed by atoms with Crippen molar-refractivity contribution in [1.82, 2.24) is 4.57 Å². The zero-order valence-corrected chi connectivity index (χ0v) is 11.7. The lowest BCUT2D eigenvalue weighted by molar-refractivity contribution is 0.0531. The fourth-order valence-electron chi connectivity index (χ4n) is 1.90. The largest absolute Gasteiger partial charge is 0.491 e. The first-order chi connectivity index (χ1) is 8.60. The number of nitrogens with zero attached hydrogens (tertiary/aromatic N) is 2. The van der Waals surface area contributed by atoms with Crippen LogP contribution in [0.25, 0.3) is 0 Å². The Hall–Kier alpha value is -1.78. The summed E-state index contributed by atoms with van der Waals surface area (Å²) in [5, 5.41) is 27.7. The van der Waals surface area contributed by atoms with Crippen molar-refractivity contribution in [2.24, 2.45) is 0 Å². The third-order valence-electron chi connectivity index (χ3n) is 2.64. The summed E-state index contributed by atoms with van der Waals surface area (Å²) >= 11 is 0. The number of rotatable bonds is 1. The fraction of sp³-hybridized carbons (Fsp3) is 0.500. The van der Waals surface area contributed by atoms with Crippen molar-refractivity contribution in [3.8, 4) is 6.07 Å². The van der Waals surface area contributed by atoms with E-state index in [0.29, 0.717) is 11.4 Å². The lowest BCUT2D eigenvalue weighted by atomic mass is 9.77. The lowest BCUT2D eigenvalue weighted by Crippen LogP contribution is -2.34. The standard InChI is InChI=1S/C12H17BN2O4/c1-7-9(6-14)10(13(17)18)8(2)15(7)11(16)19-12(3,4)5/h17-18H,1-5H3. The first-order valence-corrected chi connectivity index (χ1v) is 5.81. The van der Waals surface area contributed by atoms with Crippen LogP contribution in [-0.4, -0.2) is 33.4 Å². The highest BCUT2D eigenvalue weighted by Gasteiger charge is 2.30. The van der Waals surface area contributed by atoms with E-state index in [0.717, 1.165) is 0 Å². The molecule has 1 aromatic rings. The maximum absolute atomic E-state index is 12.1. The third kappa shape index (κ3) is 2.97. The number of ether oxygens (including phenoxy) is 1. The first kappa shape index (κ1) is 15.3. The molecule has 0 amide bonds. The van der Waals surface area contributed by atoms with Gasteiger partial charge in [0.15, 0.2) is 0 Å². The summed E-state index contributed by atoms with van der Waals surface area (Å²) < 4.78 is 6.41. The van der Waals surface area contributed by atoms with E-state index < -0.39 is 18.8 Å². The molecule has 0 saturated carbocycles. The van der Waals surface area contributed by atoms with E-state index in [1.165, 1.54) is 11.5 Å². The van der Waals surface area contributed by atoms with Crippen molar-refractivity contribution < 1.29 is 19.6 Å². The summed E-state index contributed by atoms with van der Waals surface area (Å²) in [5.74, 6) is 0. The van der Waals surface area contributed by atoms with Crippen molar-refractivity contribution in [2.75, 3.05) is 0 Å². The minimum atomic E-state index is -1.81. The number of hydrogen-bond acceptors (Lipinski definition) is 5. The summed E-state index contributed by atoms with van der Waals surface area (Å²) in [4.78, 5) is 12.1. The molecule has 0 radical (unpaired) electrons. The van der Waals surface area contributed by atoms with Gasteiger partial charge in [-0.1, -0.05) is 0 Å². The first-order valence-electron chi connectivity index (χ1n) is 5.81. The quantitative estimate of drug-likeness (QED) is 0.717. The van der Waals surface area contributed by atoms with Gasteiger partial charge in [-0.2, -0.15) is 5.26 Å². The van der Waals surface area contributed by atoms with Crippen LogP contribution in [0.4, 0.5) is 4.79 Å². The van der Waals surface area contributed by atoms with E-state index >= 15 is 0 Å². The highest BCUT2D eigenvalue weighted by Crippen LogP contribution is 2.16. The molecular weight excluding hydrogens is 247 g/mol. The minimum absolute atomic E-state index is 0.0332. The summed E-state index contributed by atoms with van der Waals surface area (Å²) in [6.07, 6.45) is -0.647. The van der Waals surface area contributed by atoms with Crippen molar-refractivity contribution in [2.45, 2.75) is 40.2 Å². The molecule has 6 nitrogen and oxygen atoms in total. The molecule has 0 unspecified atom stereocenters. The second-order valence-electron chi connectivity index (χ2n) is 5.26. The van der Waals surface area contributed by atoms with Crippen molar-refractivity contribution in [1.29, 1.82) is 5.26 Å². The van der Waals surface area contributed by atoms with Gasteiger partial charge in [-0.15, -0.1) is 0 Å². The van der Waals surface area contributed by atoms with Crippen LogP contribution in [0.15, 0.2) is 0 Å². The smallest absolute Gasteiger partial charge is 0.443 e. The van der Waals surface area contributed by atoms with Gasteiger partial charge in [0.1, 0.15) is 11.7 Å². The molecule has 0 aromatic carbocycles. The number of aromatic nitrogens is 1. The predicted octanol–water partition coefficient (Wildman–Crippen LogP) is 0.440. The molecule has 2 N–H and O–H groups in total. The van der Waals surface area contributed by atoms with Gasteiger partial charge in [-0.25, -0.2) is 4.79 Å². The summed E-state index contributed by atoms with van der Waals surface area (Å²) in [7, 11) is -1.81. The molecule has 0 bridgehead atoms. The number of hydrogen-bond donors (Lipinski definition) is 2. The highest BCUT2D eigenvalue weighted by atomic mass is 16.6. The van der Waals surface area contributed by atoms with Gasteiger partial charge in [0.2, 0.25) is 0 Å². The molecule has 0 fully saturated rings. The monoisotopic (exact) mass is 264 g/mol. The second-order valence-corrected chi connectivity index (χ2v) is 5.26.